The van der Waals surface area contributed by atoms with Crippen molar-refractivity contribution in [3.8, 4) is 11.8 Å². The number of benzene rings is 1. The predicted molar refractivity (Wildman–Crippen MR) is 63.7 cm³/mol. The van der Waals surface area contributed by atoms with Crippen LogP contribution < -0.4 is 15.2 Å². The lowest BCUT2D eigenvalue weighted by molar-refractivity contribution is 0.272. The van der Waals surface area contributed by atoms with Gasteiger partial charge in [-0.3, -0.25) is 0 Å². The molecule has 2 rings (SSSR count). The highest BCUT2D eigenvalue weighted by Crippen LogP contribution is 2.21. The van der Waals surface area contributed by atoms with Crippen molar-refractivity contribution >= 4 is 5.82 Å². The van der Waals surface area contributed by atoms with Crippen molar-refractivity contribution in [2.24, 2.45) is 0 Å². The molecule has 0 atom stereocenters. The van der Waals surface area contributed by atoms with Gasteiger partial charge in [-0.2, -0.15) is 4.98 Å². The molecule has 0 aliphatic rings. The van der Waals surface area contributed by atoms with Crippen LogP contribution in [0.3, 0.4) is 0 Å². The molecule has 2 N–H and O–H groups in total. The molecule has 0 radical (unpaired) electrons. The molecule has 0 bridgehead atoms. The van der Waals surface area contributed by atoms with Crippen LogP contribution in [0.4, 0.5) is 14.6 Å². The highest BCUT2D eigenvalue weighted by atomic mass is 19.1. The topological polar surface area (TPSA) is 70.3 Å². The van der Waals surface area contributed by atoms with Gasteiger partial charge >= 0.3 is 6.01 Å². The lowest BCUT2D eigenvalue weighted by Gasteiger charge is -2.08. The Kier molecular flexibility index (Phi) is 3.74. The van der Waals surface area contributed by atoms with Crippen LogP contribution in [0.5, 0.6) is 11.8 Å². The number of aromatic nitrogens is 2. The highest BCUT2D eigenvalue weighted by Gasteiger charge is 2.10. The molecule has 0 saturated heterocycles. The summed E-state index contributed by atoms with van der Waals surface area (Å²) in [7, 11) is 1.37. The first kappa shape index (κ1) is 13.0. The van der Waals surface area contributed by atoms with Crippen molar-refractivity contribution in [3.05, 3.63) is 41.6 Å². The third-order valence-electron chi connectivity index (χ3n) is 2.37. The lowest BCUT2D eigenvalue weighted by Crippen LogP contribution is -2.05. The van der Waals surface area contributed by atoms with Gasteiger partial charge in [0, 0.05) is 5.56 Å². The second kappa shape index (κ2) is 5.47. The van der Waals surface area contributed by atoms with Gasteiger partial charge in [0.25, 0.3) is 0 Å². The number of nitrogens with two attached hydrogens (primary N) is 1. The minimum absolute atomic E-state index is 0.112. The van der Waals surface area contributed by atoms with Crippen LogP contribution in [-0.4, -0.2) is 17.1 Å². The van der Waals surface area contributed by atoms with E-state index in [2.05, 4.69) is 9.97 Å². The summed E-state index contributed by atoms with van der Waals surface area (Å²) in [6, 6.07) is 4.53. The molecule has 1 aromatic carbocycles. The van der Waals surface area contributed by atoms with Crippen LogP contribution in [-0.2, 0) is 6.61 Å². The van der Waals surface area contributed by atoms with Crippen molar-refractivity contribution in [2.75, 3.05) is 12.8 Å². The van der Waals surface area contributed by atoms with E-state index in [1.165, 1.54) is 19.2 Å². The van der Waals surface area contributed by atoms with Crippen molar-refractivity contribution in [1.82, 2.24) is 9.97 Å². The van der Waals surface area contributed by atoms with E-state index in [1.807, 2.05) is 0 Å². The van der Waals surface area contributed by atoms with E-state index in [0.29, 0.717) is 0 Å². The number of rotatable bonds is 4. The SMILES string of the molecule is COc1cccc(COc2ncc(F)c(N)n2)c1F. The molecule has 0 amide bonds. The van der Waals surface area contributed by atoms with Crippen LogP contribution >= 0.6 is 0 Å². The maximum Gasteiger partial charge on any atom is 0.318 e. The summed E-state index contributed by atoms with van der Waals surface area (Å²) >= 11 is 0. The summed E-state index contributed by atoms with van der Waals surface area (Å²) in [6.45, 7) is -0.117. The Bertz CT molecular complexity index is 593. The van der Waals surface area contributed by atoms with Crippen molar-refractivity contribution in [2.45, 2.75) is 6.61 Å². The standard InChI is InChI=1S/C12H11F2N3O2/c1-18-9-4-2-3-7(10(9)14)6-19-12-16-5-8(13)11(15)17-12/h2-5H,6H2,1H3,(H2,15,16,17). The van der Waals surface area contributed by atoms with Gasteiger partial charge in [-0.25, -0.2) is 13.8 Å². The smallest absolute Gasteiger partial charge is 0.318 e. The van der Waals surface area contributed by atoms with Crippen LogP contribution in [0.15, 0.2) is 24.4 Å². The van der Waals surface area contributed by atoms with Crippen molar-refractivity contribution in [3.63, 3.8) is 0 Å². The summed E-state index contributed by atoms with van der Waals surface area (Å²) < 4.78 is 36.6. The van der Waals surface area contributed by atoms with E-state index in [9.17, 15) is 8.78 Å². The van der Waals surface area contributed by atoms with Gasteiger partial charge < -0.3 is 15.2 Å². The zero-order chi connectivity index (χ0) is 13.8. The number of ether oxygens (including phenoxy) is 2. The number of nitrogens with zero attached hydrogens (tertiary/aromatic N) is 2. The van der Waals surface area contributed by atoms with E-state index < -0.39 is 11.6 Å². The molecular weight excluding hydrogens is 256 g/mol. The molecule has 1 aromatic heterocycles. The molecule has 2 aromatic rings. The fourth-order valence-electron chi connectivity index (χ4n) is 1.40. The fourth-order valence-corrected chi connectivity index (χ4v) is 1.40. The summed E-state index contributed by atoms with van der Waals surface area (Å²) in [5.74, 6) is -1.48. The molecule has 0 spiro atoms. The summed E-state index contributed by atoms with van der Waals surface area (Å²) in [5.41, 5.74) is 5.53. The first-order valence-electron chi connectivity index (χ1n) is 5.34. The summed E-state index contributed by atoms with van der Waals surface area (Å²) in [4.78, 5) is 7.16. The van der Waals surface area contributed by atoms with Crippen LogP contribution in [0.25, 0.3) is 0 Å². The largest absolute Gasteiger partial charge is 0.494 e. The monoisotopic (exact) mass is 267 g/mol. The van der Waals surface area contributed by atoms with Gasteiger partial charge in [-0.05, 0) is 6.07 Å². The normalized spacial score (nSPS) is 10.3. The molecule has 1 heterocycles. The number of hydrogen-bond donors (Lipinski definition) is 1. The van der Waals surface area contributed by atoms with Crippen LogP contribution in [0.1, 0.15) is 5.56 Å². The Morgan fingerprint density at radius 2 is 2.11 bits per heavy atom. The quantitative estimate of drug-likeness (QED) is 0.916. The average molecular weight is 267 g/mol. The molecular formula is C12H11F2N3O2. The Labute approximate surface area is 108 Å². The fraction of sp³-hybridized carbons (Fsp3) is 0.167. The average Bonchev–Trinajstić information content (AvgIpc) is 2.41. The lowest BCUT2D eigenvalue weighted by atomic mass is 10.2. The summed E-state index contributed by atoms with van der Waals surface area (Å²) in [5, 5.41) is 0. The number of halogens is 2. The number of anilines is 1. The Morgan fingerprint density at radius 1 is 1.32 bits per heavy atom. The van der Waals surface area contributed by atoms with Gasteiger partial charge in [0.15, 0.2) is 23.2 Å². The van der Waals surface area contributed by atoms with Gasteiger partial charge in [0.05, 0.1) is 13.3 Å². The van der Waals surface area contributed by atoms with E-state index in [0.717, 1.165) is 6.20 Å². The van der Waals surface area contributed by atoms with Crippen molar-refractivity contribution < 1.29 is 18.3 Å². The van der Waals surface area contributed by atoms with E-state index in [4.69, 9.17) is 15.2 Å². The maximum absolute atomic E-state index is 13.8. The molecule has 100 valence electrons. The van der Waals surface area contributed by atoms with Gasteiger partial charge in [-0.1, -0.05) is 12.1 Å². The highest BCUT2D eigenvalue weighted by molar-refractivity contribution is 5.31. The molecule has 0 saturated carbocycles. The number of nitrogen functional groups attached to an aromatic ring is 1. The molecule has 0 aliphatic heterocycles. The third-order valence-corrected chi connectivity index (χ3v) is 2.37. The van der Waals surface area contributed by atoms with Gasteiger partial charge in [-0.15, -0.1) is 0 Å². The van der Waals surface area contributed by atoms with E-state index in [-0.39, 0.29) is 29.7 Å². The number of methoxy groups -OCH3 is 1. The minimum Gasteiger partial charge on any atom is -0.494 e. The molecule has 0 aliphatic carbocycles. The molecule has 5 nitrogen and oxygen atoms in total. The third kappa shape index (κ3) is 2.87. The summed E-state index contributed by atoms with van der Waals surface area (Å²) in [6.07, 6.45) is 0.888. The molecule has 7 heteroatoms. The van der Waals surface area contributed by atoms with E-state index in [1.54, 1.807) is 6.07 Å². The molecule has 19 heavy (non-hydrogen) atoms. The predicted octanol–water partition coefficient (Wildman–Crippen LogP) is 1.92. The maximum atomic E-state index is 13.8. The molecule has 0 fully saturated rings. The Morgan fingerprint density at radius 3 is 2.79 bits per heavy atom. The zero-order valence-electron chi connectivity index (χ0n) is 10.1. The van der Waals surface area contributed by atoms with Crippen LogP contribution in [0, 0.1) is 11.6 Å². The zero-order valence-corrected chi connectivity index (χ0v) is 10.1. The second-order valence-corrected chi connectivity index (χ2v) is 3.61. The second-order valence-electron chi connectivity index (χ2n) is 3.61. The number of hydrogen-bond acceptors (Lipinski definition) is 5. The Balaban J connectivity index is 2.12. The van der Waals surface area contributed by atoms with E-state index >= 15 is 0 Å². The Hall–Kier alpha value is -2.44. The molecule has 0 unspecified atom stereocenters. The first-order chi connectivity index (χ1) is 9.11. The van der Waals surface area contributed by atoms with Gasteiger partial charge in [0.1, 0.15) is 6.61 Å². The van der Waals surface area contributed by atoms with Crippen molar-refractivity contribution in [1.29, 1.82) is 0 Å². The minimum atomic E-state index is -0.736. The first-order valence-corrected chi connectivity index (χ1v) is 5.34. The van der Waals surface area contributed by atoms with Crippen LogP contribution in [0.2, 0.25) is 0 Å². The van der Waals surface area contributed by atoms with Gasteiger partial charge in [0.2, 0.25) is 0 Å².